The van der Waals surface area contributed by atoms with Crippen molar-refractivity contribution in [2.75, 3.05) is 0 Å². The van der Waals surface area contributed by atoms with Crippen LogP contribution in [0.15, 0.2) is 31.4 Å². The van der Waals surface area contributed by atoms with E-state index in [1.165, 1.54) is 36.0 Å². The van der Waals surface area contributed by atoms with Crippen LogP contribution in [-0.2, 0) is 0 Å². The van der Waals surface area contributed by atoms with Gasteiger partial charge in [0.25, 0.3) is 0 Å². The van der Waals surface area contributed by atoms with Gasteiger partial charge in [0.2, 0.25) is 0 Å². The van der Waals surface area contributed by atoms with Gasteiger partial charge in [-0.05, 0) is 53.9 Å². The first-order valence-electron chi connectivity index (χ1n) is 6.56. The minimum absolute atomic E-state index is 0.435. The summed E-state index contributed by atoms with van der Waals surface area (Å²) in [5.41, 5.74) is 5.61. The average molecular weight is 226 g/mol. The highest BCUT2D eigenvalue weighted by atomic mass is 14.3. The maximum atomic E-state index is 3.93. The van der Waals surface area contributed by atoms with E-state index < -0.39 is 0 Å². The van der Waals surface area contributed by atoms with Gasteiger partial charge in [-0.2, -0.15) is 0 Å². The lowest BCUT2D eigenvalue weighted by atomic mass is 9.75. The van der Waals surface area contributed by atoms with E-state index in [0.717, 1.165) is 5.92 Å². The van der Waals surface area contributed by atoms with Crippen LogP contribution < -0.4 is 0 Å². The number of rotatable bonds is 4. The van der Waals surface area contributed by atoms with Crippen LogP contribution in [0.4, 0.5) is 0 Å². The van der Waals surface area contributed by atoms with Crippen LogP contribution in [0.3, 0.4) is 0 Å². The maximum absolute atomic E-state index is 3.93. The van der Waals surface area contributed by atoms with Crippen LogP contribution in [0.5, 0.6) is 0 Å². The molecule has 1 aliphatic rings. The average Bonchev–Trinajstić information content (AvgIpc) is 2.26. The maximum Gasteiger partial charge on any atom is -0.00101 e. The Kier molecular flexibility index (Phi) is 3.51. The molecule has 1 aromatic carbocycles. The molecule has 90 valence electrons. The minimum atomic E-state index is 0.435. The second kappa shape index (κ2) is 4.91. The van der Waals surface area contributed by atoms with Crippen molar-refractivity contribution < 1.29 is 0 Å². The molecule has 0 saturated heterocycles. The summed E-state index contributed by atoms with van der Waals surface area (Å²) in [6, 6.07) is 4.68. The van der Waals surface area contributed by atoms with E-state index in [-0.39, 0.29) is 0 Å². The number of hydrogen-bond donors (Lipinski definition) is 0. The zero-order valence-corrected chi connectivity index (χ0v) is 11.0. The van der Waals surface area contributed by atoms with E-state index in [0.29, 0.717) is 5.92 Å². The third-order valence-electron chi connectivity index (χ3n) is 4.08. The Labute approximate surface area is 105 Å². The fourth-order valence-electron chi connectivity index (χ4n) is 2.58. The summed E-state index contributed by atoms with van der Waals surface area (Å²) in [6.07, 6.45) is 8.08. The fraction of sp³-hybridized carbons (Fsp3) is 0.412. The fourth-order valence-corrected chi connectivity index (χ4v) is 2.58. The van der Waals surface area contributed by atoms with E-state index in [9.17, 15) is 0 Å². The molecule has 1 fully saturated rings. The summed E-state index contributed by atoms with van der Waals surface area (Å²) in [5, 5.41) is 0. The highest BCUT2D eigenvalue weighted by Gasteiger charge is 2.23. The molecule has 1 unspecified atom stereocenters. The van der Waals surface area contributed by atoms with E-state index in [1.54, 1.807) is 5.56 Å². The molecule has 1 aliphatic carbocycles. The second-order valence-corrected chi connectivity index (χ2v) is 5.19. The molecule has 0 nitrogen and oxygen atoms in total. The van der Waals surface area contributed by atoms with Gasteiger partial charge in [-0.1, -0.05) is 44.2 Å². The normalized spacial score (nSPS) is 17.3. The monoisotopic (exact) mass is 226 g/mol. The summed E-state index contributed by atoms with van der Waals surface area (Å²) in [5.74, 6) is 1.22. The molecule has 0 radical (unpaired) electrons. The Morgan fingerprint density at radius 2 is 2.00 bits per heavy atom. The molecular weight excluding hydrogens is 204 g/mol. The molecule has 0 heterocycles. The number of aryl methyl sites for hydroxylation is 1. The lowest BCUT2D eigenvalue weighted by molar-refractivity contribution is 0.416. The van der Waals surface area contributed by atoms with Crippen molar-refractivity contribution in [1.82, 2.24) is 0 Å². The third kappa shape index (κ3) is 2.22. The molecule has 1 atom stereocenters. The molecule has 2 rings (SSSR count). The summed E-state index contributed by atoms with van der Waals surface area (Å²) in [4.78, 5) is 0. The molecule has 0 heteroatoms. The summed E-state index contributed by atoms with van der Waals surface area (Å²) in [7, 11) is 0. The Bertz CT molecular complexity index is 436. The smallest absolute Gasteiger partial charge is 0.00101 e. The number of allylic oxidation sites excluding steroid dienone is 1. The van der Waals surface area contributed by atoms with Gasteiger partial charge in [0.15, 0.2) is 0 Å². The van der Waals surface area contributed by atoms with Gasteiger partial charge in [0, 0.05) is 0 Å². The first kappa shape index (κ1) is 12.2. The van der Waals surface area contributed by atoms with E-state index >= 15 is 0 Å². The molecule has 1 saturated carbocycles. The van der Waals surface area contributed by atoms with Gasteiger partial charge in [0.05, 0.1) is 0 Å². The van der Waals surface area contributed by atoms with Gasteiger partial charge in [-0.25, -0.2) is 0 Å². The standard InChI is InChI=1S/C17H22/c1-5-12(3)16-11-14(6-2)13(4)10-17(16)15-8-7-9-15/h5-6,10-12,15H,1-2,7-9H2,3-4H3. The largest absolute Gasteiger partial charge is 0.102 e. The molecule has 17 heavy (non-hydrogen) atoms. The van der Waals surface area contributed by atoms with E-state index in [2.05, 4.69) is 39.1 Å². The zero-order chi connectivity index (χ0) is 12.4. The van der Waals surface area contributed by atoms with Crippen molar-refractivity contribution in [2.45, 2.75) is 44.9 Å². The van der Waals surface area contributed by atoms with Gasteiger partial charge in [0.1, 0.15) is 0 Å². The number of hydrogen-bond acceptors (Lipinski definition) is 0. The van der Waals surface area contributed by atoms with Gasteiger partial charge in [-0.3, -0.25) is 0 Å². The summed E-state index contributed by atoms with van der Waals surface area (Å²) < 4.78 is 0. The van der Waals surface area contributed by atoms with Crippen LogP contribution in [0, 0.1) is 6.92 Å². The highest BCUT2D eigenvalue weighted by molar-refractivity contribution is 5.56. The minimum Gasteiger partial charge on any atom is -0.102 e. The van der Waals surface area contributed by atoms with Crippen LogP contribution in [0.2, 0.25) is 0 Å². The van der Waals surface area contributed by atoms with E-state index in [1.807, 2.05) is 12.2 Å². The lowest BCUT2D eigenvalue weighted by Crippen LogP contribution is -2.12. The lowest BCUT2D eigenvalue weighted by Gasteiger charge is -2.30. The Morgan fingerprint density at radius 1 is 1.29 bits per heavy atom. The van der Waals surface area contributed by atoms with Crippen LogP contribution in [0.1, 0.15) is 60.3 Å². The SMILES string of the molecule is C=Cc1cc(C(C)C=C)c(C2CCC2)cc1C. The van der Waals surface area contributed by atoms with Crippen molar-refractivity contribution in [1.29, 1.82) is 0 Å². The summed E-state index contributed by atoms with van der Waals surface area (Å²) >= 11 is 0. The molecule has 0 aliphatic heterocycles. The Balaban J connectivity index is 2.50. The Morgan fingerprint density at radius 3 is 2.47 bits per heavy atom. The molecule has 0 bridgehead atoms. The van der Waals surface area contributed by atoms with Crippen molar-refractivity contribution in [3.8, 4) is 0 Å². The molecule has 0 aromatic heterocycles. The quantitative estimate of drug-likeness (QED) is 0.619. The molecule has 0 amide bonds. The van der Waals surface area contributed by atoms with Crippen LogP contribution in [0.25, 0.3) is 6.08 Å². The van der Waals surface area contributed by atoms with Gasteiger partial charge < -0.3 is 0 Å². The first-order chi connectivity index (χ1) is 8.17. The molecular formula is C17H22. The predicted molar refractivity (Wildman–Crippen MR) is 76.5 cm³/mol. The van der Waals surface area contributed by atoms with E-state index in [4.69, 9.17) is 0 Å². The molecule has 1 aromatic rings. The van der Waals surface area contributed by atoms with Crippen molar-refractivity contribution >= 4 is 6.08 Å². The van der Waals surface area contributed by atoms with Crippen molar-refractivity contribution in [3.05, 3.63) is 53.6 Å². The third-order valence-corrected chi connectivity index (χ3v) is 4.08. The van der Waals surface area contributed by atoms with Gasteiger partial charge >= 0.3 is 0 Å². The van der Waals surface area contributed by atoms with Crippen LogP contribution in [-0.4, -0.2) is 0 Å². The van der Waals surface area contributed by atoms with Crippen molar-refractivity contribution in [3.63, 3.8) is 0 Å². The van der Waals surface area contributed by atoms with Crippen molar-refractivity contribution in [2.24, 2.45) is 0 Å². The highest BCUT2D eigenvalue weighted by Crippen LogP contribution is 2.41. The van der Waals surface area contributed by atoms with Gasteiger partial charge in [-0.15, -0.1) is 6.58 Å². The molecule has 0 N–H and O–H groups in total. The topological polar surface area (TPSA) is 0 Å². The first-order valence-corrected chi connectivity index (χ1v) is 6.56. The van der Waals surface area contributed by atoms with Crippen LogP contribution >= 0.6 is 0 Å². The second-order valence-electron chi connectivity index (χ2n) is 5.19. The summed E-state index contributed by atoms with van der Waals surface area (Å²) in [6.45, 7) is 12.2. The zero-order valence-electron chi connectivity index (χ0n) is 11.0. The molecule has 0 spiro atoms. The Hall–Kier alpha value is -1.30. The number of benzene rings is 1. The predicted octanol–water partition coefficient (Wildman–Crippen LogP) is 5.20.